The van der Waals surface area contributed by atoms with Crippen LogP contribution in [0.25, 0.3) is 0 Å². The molecule has 3 nitrogen and oxygen atoms in total. The molecule has 2 aromatic carbocycles. The van der Waals surface area contributed by atoms with Gasteiger partial charge in [-0.2, -0.15) is 0 Å². The van der Waals surface area contributed by atoms with Crippen molar-refractivity contribution >= 4 is 11.6 Å². The Morgan fingerprint density at radius 1 is 0.826 bits per heavy atom. The van der Waals surface area contributed by atoms with Crippen LogP contribution in [0.5, 0.6) is 0 Å². The van der Waals surface area contributed by atoms with Crippen LogP contribution in [-0.4, -0.2) is 29.6 Å². The quantitative estimate of drug-likeness (QED) is 0.573. The van der Waals surface area contributed by atoms with Crippen LogP contribution in [0.3, 0.4) is 0 Å². The van der Waals surface area contributed by atoms with Crippen LogP contribution >= 0.6 is 0 Å². The van der Waals surface area contributed by atoms with E-state index in [2.05, 4.69) is 0 Å². The highest BCUT2D eigenvalue weighted by Crippen LogP contribution is 2.14. The number of hydrogen-bond donors (Lipinski definition) is 0. The summed E-state index contributed by atoms with van der Waals surface area (Å²) in [7, 11) is 0. The van der Waals surface area contributed by atoms with E-state index in [0.29, 0.717) is 29.9 Å². The smallest absolute Gasteiger partial charge is 0.209 e. The van der Waals surface area contributed by atoms with Gasteiger partial charge in [-0.05, 0) is 13.8 Å². The highest BCUT2D eigenvalue weighted by atomic mass is 16.1. The molecule has 0 aliphatic carbocycles. The second kappa shape index (κ2) is 8.08. The van der Waals surface area contributed by atoms with Gasteiger partial charge in [-0.15, -0.1) is 0 Å². The number of Topliss-reactive ketones (excluding diaryl/α,β-unsaturated/α-hetero) is 1. The first-order valence-corrected chi connectivity index (χ1v) is 7.83. The Bertz CT molecular complexity index is 686. The molecule has 23 heavy (non-hydrogen) atoms. The van der Waals surface area contributed by atoms with Crippen molar-refractivity contribution in [3.8, 4) is 0 Å². The highest BCUT2D eigenvalue weighted by molar-refractivity contribution is 6.14. The van der Waals surface area contributed by atoms with E-state index in [1.807, 2.05) is 55.1 Å². The first-order chi connectivity index (χ1) is 11.2. The molecule has 0 saturated carbocycles. The van der Waals surface area contributed by atoms with Gasteiger partial charge in [0.15, 0.2) is 5.78 Å². The topological polar surface area (TPSA) is 37.4 Å². The van der Waals surface area contributed by atoms with E-state index in [4.69, 9.17) is 0 Å². The Morgan fingerprint density at radius 3 is 1.78 bits per heavy atom. The van der Waals surface area contributed by atoms with E-state index in [1.165, 1.54) is 6.08 Å². The Labute approximate surface area is 137 Å². The summed E-state index contributed by atoms with van der Waals surface area (Å²) >= 11 is 0. The Hall–Kier alpha value is -2.68. The predicted octanol–water partition coefficient (Wildman–Crippen LogP) is 3.98. The van der Waals surface area contributed by atoms with Gasteiger partial charge < -0.3 is 4.90 Å². The molecular weight excluding hydrogens is 286 g/mol. The van der Waals surface area contributed by atoms with Gasteiger partial charge >= 0.3 is 0 Å². The lowest BCUT2D eigenvalue weighted by Gasteiger charge is -2.23. The van der Waals surface area contributed by atoms with Gasteiger partial charge in [0.1, 0.15) is 0 Å². The third-order valence-corrected chi connectivity index (χ3v) is 3.70. The van der Waals surface area contributed by atoms with E-state index in [-0.39, 0.29) is 11.6 Å². The van der Waals surface area contributed by atoms with E-state index >= 15 is 0 Å². The van der Waals surface area contributed by atoms with Crippen LogP contribution < -0.4 is 0 Å². The molecule has 0 N–H and O–H groups in total. The summed E-state index contributed by atoms with van der Waals surface area (Å²) in [6, 6.07) is 18.1. The SMILES string of the molecule is CCN(CC)C(=CC(=O)c1ccccc1)C(=O)c1ccccc1. The number of rotatable bonds is 7. The Kier molecular flexibility index (Phi) is 5.87. The molecule has 0 atom stereocenters. The van der Waals surface area contributed by atoms with Crippen molar-refractivity contribution in [1.82, 2.24) is 4.90 Å². The molecular formula is C20H21NO2. The molecule has 0 bridgehead atoms. The largest absolute Gasteiger partial charge is 0.369 e. The fraction of sp³-hybridized carbons (Fsp3) is 0.200. The van der Waals surface area contributed by atoms with Crippen molar-refractivity contribution in [3.05, 3.63) is 83.6 Å². The molecule has 0 amide bonds. The Morgan fingerprint density at radius 2 is 1.30 bits per heavy atom. The molecule has 0 heterocycles. The van der Waals surface area contributed by atoms with Crippen molar-refractivity contribution in [2.45, 2.75) is 13.8 Å². The van der Waals surface area contributed by atoms with Crippen molar-refractivity contribution < 1.29 is 9.59 Å². The average molecular weight is 307 g/mol. The van der Waals surface area contributed by atoms with Gasteiger partial charge in [0, 0.05) is 30.3 Å². The highest BCUT2D eigenvalue weighted by Gasteiger charge is 2.18. The second-order valence-electron chi connectivity index (χ2n) is 5.13. The van der Waals surface area contributed by atoms with Crippen LogP contribution in [-0.2, 0) is 0 Å². The Balaban J connectivity index is 2.40. The van der Waals surface area contributed by atoms with Gasteiger partial charge in [-0.3, -0.25) is 9.59 Å². The van der Waals surface area contributed by atoms with Crippen LogP contribution in [0.2, 0.25) is 0 Å². The van der Waals surface area contributed by atoms with Crippen molar-refractivity contribution in [3.63, 3.8) is 0 Å². The number of nitrogens with zero attached hydrogens (tertiary/aromatic N) is 1. The lowest BCUT2D eigenvalue weighted by Crippen LogP contribution is -2.28. The molecule has 0 aromatic heterocycles. The summed E-state index contributed by atoms with van der Waals surface area (Å²) in [5.41, 5.74) is 1.61. The van der Waals surface area contributed by atoms with Crippen LogP contribution in [0, 0.1) is 0 Å². The lowest BCUT2D eigenvalue weighted by molar-refractivity contribution is 0.0975. The van der Waals surface area contributed by atoms with Crippen LogP contribution in [0.1, 0.15) is 34.6 Å². The molecule has 0 aliphatic rings. The van der Waals surface area contributed by atoms with E-state index < -0.39 is 0 Å². The molecule has 3 heteroatoms. The summed E-state index contributed by atoms with van der Waals surface area (Å²) in [6.45, 7) is 5.29. The van der Waals surface area contributed by atoms with Crippen LogP contribution in [0.15, 0.2) is 72.4 Å². The molecule has 0 unspecified atom stereocenters. The van der Waals surface area contributed by atoms with E-state index in [1.54, 1.807) is 24.3 Å². The second-order valence-corrected chi connectivity index (χ2v) is 5.13. The summed E-state index contributed by atoms with van der Waals surface area (Å²) in [5, 5.41) is 0. The fourth-order valence-corrected chi connectivity index (χ4v) is 2.41. The zero-order valence-electron chi connectivity index (χ0n) is 13.5. The number of carbonyl (C=O) groups is 2. The summed E-state index contributed by atoms with van der Waals surface area (Å²) < 4.78 is 0. The third-order valence-electron chi connectivity index (χ3n) is 3.70. The molecule has 2 rings (SSSR count). The molecule has 2 aromatic rings. The van der Waals surface area contributed by atoms with E-state index in [9.17, 15) is 9.59 Å². The number of hydrogen-bond acceptors (Lipinski definition) is 3. The molecule has 0 radical (unpaired) electrons. The number of benzene rings is 2. The minimum absolute atomic E-state index is 0.126. The standard InChI is InChI=1S/C20H21NO2/c1-3-21(4-2)18(20(23)17-13-9-6-10-14-17)15-19(22)16-11-7-5-8-12-16/h5-15H,3-4H2,1-2H3. The number of likely N-dealkylation sites (N-methyl/N-ethyl adjacent to an activating group) is 1. The van der Waals surface area contributed by atoms with Crippen molar-refractivity contribution in [2.24, 2.45) is 0 Å². The zero-order chi connectivity index (χ0) is 16.7. The minimum Gasteiger partial charge on any atom is -0.369 e. The zero-order valence-corrected chi connectivity index (χ0v) is 13.5. The van der Waals surface area contributed by atoms with Crippen molar-refractivity contribution in [2.75, 3.05) is 13.1 Å². The maximum absolute atomic E-state index is 12.8. The molecule has 118 valence electrons. The maximum atomic E-state index is 12.8. The predicted molar refractivity (Wildman–Crippen MR) is 92.5 cm³/mol. The van der Waals surface area contributed by atoms with Crippen LogP contribution in [0.4, 0.5) is 0 Å². The van der Waals surface area contributed by atoms with Gasteiger partial charge in [0.25, 0.3) is 0 Å². The first kappa shape index (κ1) is 16.7. The summed E-state index contributed by atoms with van der Waals surface area (Å²) in [4.78, 5) is 27.2. The molecule has 0 saturated heterocycles. The molecule has 0 spiro atoms. The van der Waals surface area contributed by atoms with Crippen molar-refractivity contribution in [1.29, 1.82) is 0 Å². The first-order valence-electron chi connectivity index (χ1n) is 7.83. The lowest BCUT2D eigenvalue weighted by atomic mass is 10.0. The molecule has 0 aliphatic heterocycles. The number of carbonyl (C=O) groups excluding carboxylic acids is 2. The number of allylic oxidation sites excluding steroid dienone is 2. The normalized spacial score (nSPS) is 11.1. The third kappa shape index (κ3) is 4.16. The average Bonchev–Trinajstić information content (AvgIpc) is 2.62. The van der Waals surface area contributed by atoms with Gasteiger partial charge in [-0.25, -0.2) is 0 Å². The van der Waals surface area contributed by atoms with Gasteiger partial charge in [0.2, 0.25) is 5.78 Å². The van der Waals surface area contributed by atoms with Gasteiger partial charge in [0.05, 0.1) is 5.70 Å². The monoisotopic (exact) mass is 307 g/mol. The fourth-order valence-electron chi connectivity index (χ4n) is 2.41. The number of ketones is 2. The molecule has 0 fully saturated rings. The maximum Gasteiger partial charge on any atom is 0.209 e. The minimum atomic E-state index is -0.156. The van der Waals surface area contributed by atoms with Gasteiger partial charge in [-0.1, -0.05) is 60.7 Å². The van der Waals surface area contributed by atoms with E-state index in [0.717, 1.165) is 0 Å². The summed E-state index contributed by atoms with van der Waals surface area (Å²) in [5.74, 6) is -0.282. The summed E-state index contributed by atoms with van der Waals surface area (Å²) in [6.07, 6.45) is 1.46.